The number of carbonyl (C=O) groups excluding carboxylic acids is 1. The molecule has 1 aromatic rings. The number of benzene rings is 1. The zero-order valence-corrected chi connectivity index (χ0v) is 13.9. The van der Waals surface area contributed by atoms with Crippen molar-refractivity contribution >= 4 is 5.91 Å². The van der Waals surface area contributed by atoms with Gasteiger partial charge < -0.3 is 15.4 Å². The van der Waals surface area contributed by atoms with Crippen molar-refractivity contribution in [3.8, 4) is 0 Å². The predicted octanol–water partition coefficient (Wildman–Crippen LogP) is 1.24. The van der Waals surface area contributed by atoms with E-state index in [0.717, 1.165) is 45.7 Å². The highest BCUT2D eigenvalue weighted by molar-refractivity contribution is 5.82. The molecule has 0 radical (unpaired) electrons. The van der Waals surface area contributed by atoms with Crippen LogP contribution in [-0.4, -0.2) is 56.2 Å². The lowest BCUT2D eigenvalue weighted by Crippen LogP contribution is -2.47. The highest BCUT2D eigenvalue weighted by Gasteiger charge is 2.26. The van der Waals surface area contributed by atoms with Gasteiger partial charge in [-0.3, -0.25) is 9.69 Å². The number of carbonyl (C=O) groups is 1. The minimum Gasteiger partial charge on any atom is -0.379 e. The van der Waals surface area contributed by atoms with Gasteiger partial charge in [-0.05, 0) is 31.9 Å². The van der Waals surface area contributed by atoms with Gasteiger partial charge in [0.05, 0.1) is 25.3 Å². The van der Waals surface area contributed by atoms with Gasteiger partial charge in [-0.15, -0.1) is 0 Å². The van der Waals surface area contributed by atoms with Crippen molar-refractivity contribution in [1.82, 2.24) is 15.5 Å². The summed E-state index contributed by atoms with van der Waals surface area (Å²) in [5.41, 5.74) is 2.52. The molecule has 0 aliphatic carbocycles. The second kappa shape index (κ2) is 7.90. The van der Waals surface area contributed by atoms with Gasteiger partial charge in [0.1, 0.15) is 0 Å². The van der Waals surface area contributed by atoms with Crippen LogP contribution in [0.2, 0.25) is 0 Å². The molecular formula is C18H27N3O2. The molecule has 5 nitrogen and oxygen atoms in total. The minimum atomic E-state index is -0.0159. The largest absolute Gasteiger partial charge is 0.379 e. The minimum absolute atomic E-state index is 0.0159. The van der Waals surface area contributed by atoms with Crippen LogP contribution in [0.5, 0.6) is 0 Å². The molecular weight excluding hydrogens is 290 g/mol. The molecule has 1 aromatic carbocycles. The van der Waals surface area contributed by atoms with Gasteiger partial charge in [-0.1, -0.05) is 29.8 Å². The molecule has 0 aromatic heterocycles. The summed E-state index contributed by atoms with van der Waals surface area (Å²) in [5.74, 6) is 0.133. The lowest BCUT2D eigenvalue weighted by Gasteiger charge is -2.35. The second-order valence-corrected chi connectivity index (χ2v) is 6.47. The number of hydrogen-bond acceptors (Lipinski definition) is 4. The van der Waals surface area contributed by atoms with E-state index in [9.17, 15) is 4.79 Å². The Labute approximate surface area is 138 Å². The summed E-state index contributed by atoms with van der Waals surface area (Å²) >= 11 is 0. The summed E-state index contributed by atoms with van der Waals surface area (Å²) in [6.07, 6.45) is 2.03. The Bertz CT molecular complexity index is 523. The number of morpholine rings is 1. The fourth-order valence-electron chi connectivity index (χ4n) is 3.45. The molecule has 2 aliphatic heterocycles. The number of ether oxygens (including phenoxy) is 1. The van der Waals surface area contributed by atoms with Crippen LogP contribution in [0, 0.1) is 6.92 Å². The lowest BCUT2D eigenvalue weighted by molar-refractivity contribution is -0.123. The Balaban J connectivity index is 1.68. The van der Waals surface area contributed by atoms with E-state index in [4.69, 9.17) is 4.74 Å². The molecule has 3 rings (SSSR count). The summed E-state index contributed by atoms with van der Waals surface area (Å²) in [7, 11) is 0. The van der Waals surface area contributed by atoms with Crippen molar-refractivity contribution in [2.75, 3.05) is 39.4 Å². The van der Waals surface area contributed by atoms with Gasteiger partial charge in [-0.25, -0.2) is 0 Å². The second-order valence-electron chi connectivity index (χ2n) is 6.47. The molecule has 2 N–H and O–H groups in total. The Morgan fingerprint density at radius 1 is 1.43 bits per heavy atom. The molecule has 0 spiro atoms. The molecule has 2 fully saturated rings. The van der Waals surface area contributed by atoms with E-state index in [0.29, 0.717) is 6.54 Å². The first-order valence-corrected chi connectivity index (χ1v) is 8.63. The van der Waals surface area contributed by atoms with Crippen molar-refractivity contribution in [3.05, 3.63) is 35.4 Å². The zero-order chi connectivity index (χ0) is 16.1. The van der Waals surface area contributed by atoms with Crippen LogP contribution in [0.3, 0.4) is 0 Å². The van der Waals surface area contributed by atoms with Crippen molar-refractivity contribution < 1.29 is 9.53 Å². The Kier molecular flexibility index (Phi) is 5.65. The zero-order valence-electron chi connectivity index (χ0n) is 13.9. The normalized spacial score (nSPS) is 23.6. The molecule has 126 valence electrons. The fourth-order valence-corrected chi connectivity index (χ4v) is 3.45. The number of aryl methyl sites for hydroxylation is 1. The lowest BCUT2D eigenvalue weighted by atomic mass is 10.0. The first-order valence-electron chi connectivity index (χ1n) is 8.63. The summed E-state index contributed by atoms with van der Waals surface area (Å²) in [4.78, 5) is 14.7. The Hall–Kier alpha value is -1.43. The molecule has 2 saturated heterocycles. The number of hydrogen-bond donors (Lipinski definition) is 2. The van der Waals surface area contributed by atoms with Crippen molar-refractivity contribution in [3.63, 3.8) is 0 Å². The van der Waals surface area contributed by atoms with Crippen LogP contribution in [0.15, 0.2) is 24.3 Å². The van der Waals surface area contributed by atoms with Crippen LogP contribution < -0.4 is 10.6 Å². The molecule has 0 bridgehead atoms. The predicted molar refractivity (Wildman–Crippen MR) is 90.3 cm³/mol. The van der Waals surface area contributed by atoms with E-state index in [1.807, 2.05) is 0 Å². The maximum Gasteiger partial charge on any atom is 0.237 e. The fraction of sp³-hybridized carbons (Fsp3) is 0.611. The smallest absolute Gasteiger partial charge is 0.237 e. The van der Waals surface area contributed by atoms with Gasteiger partial charge in [0, 0.05) is 19.6 Å². The average molecular weight is 317 g/mol. The standard InChI is InChI=1S/C18H27N3O2/c1-14-4-2-5-15(12-14)17(21-8-10-23-11-9-21)13-20-18(22)16-6-3-7-19-16/h2,4-5,12,16-17,19H,3,6-11,13H2,1H3,(H,20,22). The topological polar surface area (TPSA) is 53.6 Å². The number of amides is 1. The van der Waals surface area contributed by atoms with Crippen LogP contribution in [0.1, 0.15) is 30.0 Å². The highest BCUT2D eigenvalue weighted by Crippen LogP contribution is 2.22. The van der Waals surface area contributed by atoms with Gasteiger partial charge in [0.2, 0.25) is 5.91 Å². The number of nitrogens with one attached hydrogen (secondary N) is 2. The first kappa shape index (κ1) is 16.4. The quantitative estimate of drug-likeness (QED) is 0.858. The maximum atomic E-state index is 12.3. The van der Waals surface area contributed by atoms with Gasteiger partial charge in [-0.2, -0.15) is 0 Å². The van der Waals surface area contributed by atoms with Gasteiger partial charge >= 0.3 is 0 Å². The molecule has 2 heterocycles. The Morgan fingerprint density at radius 3 is 2.96 bits per heavy atom. The van der Waals surface area contributed by atoms with Crippen LogP contribution >= 0.6 is 0 Å². The van der Waals surface area contributed by atoms with E-state index in [2.05, 4.69) is 46.7 Å². The SMILES string of the molecule is Cc1cccc(C(CNC(=O)C2CCCN2)N2CCOCC2)c1. The molecule has 5 heteroatoms. The van der Waals surface area contributed by atoms with Crippen LogP contribution in [0.4, 0.5) is 0 Å². The molecule has 2 aliphatic rings. The highest BCUT2D eigenvalue weighted by atomic mass is 16.5. The summed E-state index contributed by atoms with van der Waals surface area (Å²) in [6.45, 7) is 7.07. The summed E-state index contributed by atoms with van der Waals surface area (Å²) < 4.78 is 5.48. The van der Waals surface area contributed by atoms with Crippen LogP contribution in [0.25, 0.3) is 0 Å². The van der Waals surface area contributed by atoms with E-state index in [1.54, 1.807) is 0 Å². The molecule has 2 atom stereocenters. The van der Waals surface area contributed by atoms with E-state index < -0.39 is 0 Å². The van der Waals surface area contributed by atoms with Crippen molar-refractivity contribution in [1.29, 1.82) is 0 Å². The number of rotatable bonds is 5. The molecule has 23 heavy (non-hydrogen) atoms. The van der Waals surface area contributed by atoms with Crippen molar-refractivity contribution in [2.45, 2.75) is 31.8 Å². The van der Waals surface area contributed by atoms with Gasteiger partial charge in [0.25, 0.3) is 0 Å². The van der Waals surface area contributed by atoms with E-state index >= 15 is 0 Å². The maximum absolute atomic E-state index is 12.3. The van der Waals surface area contributed by atoms with Crippen LogP contribution in [-0.2, 0) is 9.53 Å². The van der Waals surface area contributed by atoms with Crippen molar-refractivity contribution in [2.24, 2.45) is 0 Å². The van der Waals surface area contributed by atoms with E-state index in [1.165, 1.54) is 11.1 Å². The third kappa shape index (κ3) is 4.31. The molecule has 0 saturated carbocycles. The van der Waals surface area contributed by atoms with E-state index in [-0.39, 0.29) is 18.0 Å². The summed E-state index contributed by atoms with van der Waals surface area (Å²) in [6, 6.07) is 8.79. The third-order valence-electron chi connectivity index (χ3n) is 4.76. The first-order chi connectivity index (χ1) is 11.2. The van der Waals surface area contributed by atoms with Gasteiger partial charge in [0.15, 0.2) is 0 Å². The molecule has 2 unspecified atom stereocenters. The molecule has 1 amide bonds. The summed E-state index contributed by atoms with van der Waals surface area (Å²) in [5, 5.41) is 6.42. The number of nitrogens with zero attached hydrogens (tertiary/aromatic N) is 1. The average Bonchev–Trinajstić information content (AvgIpc) is 3.10. The monoisotopic (exact) mass is 317 g/mol. The third-order valence-corrected chi connectivity index (χ3v) is 4.76. The Morgan fingerprint density at radius 2 is 2.26 bits per heavy atom.